The molecule has 3 nitrogen and oxygen atoms in total. The van der Waals surface area contributed by atoms with Crippen molar-refractivity contribution in [2.75, 3.05) is 0 Å². The fraction of sp³-hybridized carbons (Fsp3) is 0.0833. The molecule has 0 atom stereocenters. The molecule has 0 aliphatic heterocycles. The number of nitrogens with two attached hydrogens (primary N) is 1. The number of rotatable bonds is 3. The van der Waals surface area contributed by atoms with Gasteiger partial charge in [0, 0.05) is 23.2 Å². The van der Waals surface area contributed by atoms with Gasteiger partial charge in [0.15, 0.2) is 5.82 Å². The molecule has 0 saturated heterocycles. The summed E-state index contributed by atoms with van der Waals surface area (Å²) in [5.74, 6) is -1.70. The van der Waals surface area contributed by atoms with Crippen LogP contribution in [0.25, 0.3) is 0 Å². The van der Waals surface area contributed by atoms with E-state index in [0.717, 1.165) is 6.20 Å². The summed E-state index contributed by atoms with van der Waals surface area (Å²) in [4.78, 5) is 3.52. The lowest BCUT2D eigenvalue weighted by atomic mass is 10.2. The van der Waals surface area contributed by atoms with E-state index in [4.69, 9.17) is 22.1 Å². The van der Waals surface area contributed by atoms with Crippen molar-refractivity contribution in [2.45, 2.75) is 6.54 Å². The summed E-state index contributed by atoms with van der Waals surface area (Å²) in [6.45, 7) is 0.204. The van der Waals surface area contributed by atoms with E-state index < -0.39 is 11.6 Å². The van der Waals surface area contributed by atoms with Crippen LogP contribution in [0.15, 0.2) is 30.5 Å². The van der Waals surface area contributed by atoms with Crippen molar-refractivity contribution in [3.8, 4) is 11.6 Å². The van der Waals surface area contributed by atoms with Gasteiger partial charge in [0.1, 0.15) is 11.6 Å². The zero-order valence-corrected chi connectivity index (χ0v) is 9.92. The van der Waals surface area contributed by atoms with Gasteiger partial charge in [-0.2, -0.15) is 0 Å². The Morgan fingerprint density at radius 1 is 1.28 bits per heavy atom. The quantitative estimate of drug-likeness (QED) is 0.931. The van der Waals surface area contributed by atoms with Gasteiger partial charge in [-0.25, -0.2) is 13.8 Å². The summed E-state index contributed by atoms with van der Waals surface area (Å²) in [5, 5.41) is 0.421. The van der Waals surface area contributed by atoms with Gasteiger partial charge >= 0.3 is 0 Å². The minimum atomic E-state index is -0.891. The largest absolute Gasteiger partial charge is 0.436 e. The first-order chi connectivity index (χ1) is 8.60. The predicted molar refractivity (Wildman–Crippen MR) is 63.6 cm³/mol. The van der Waals surface area contributed by atoms with E-state index in [1.165, 1.54) is 6.07 Å². The Labute approximate surface area is 107 Å². The number of halogens is 3. The second-order valence-electron chi connectivity index (χ2n) is 3.50. The van der Waals surface area contributed by atoms with Crippen molar-refractivity contribution in [3.63, 3.8) is 0 Å². The van der Waals surface area contributed by atoms with E-state index in [1.54, 1.807) is 12.1 Å². The van der Waals surface area contributed by atoms with Crippen molar-refractivity contribution in [2.24, 2.45) is 5.73 Å². The molecule has 0 saturated carbocycles. The normalized spacial score (nSPS) is 10.4. The average Bonchev–Trinajstić information content (AvgIpc) is 2.33. The van der Waals surface area contributed by atoms with Crippen molar-refractivity contribution < 1.29 is 13.5 Å². The highest BCUT2D eigenvalue weighted by Gasteiger charge is 2.11. The molecule has 0 fully saturated rings. The Bertz CT molecular complexity index is 578. The highest BCUT2D eigenvalue weighted by Crippen LogP contribution is 2.28. The third-order valence-corrected chi connectivity index (χ3v) is 2.46. The van der Waals surface area contributed by atoms with E-state index in [9.17, 15) is 8.78 Å². The number of hydrogen-bond acceptors (Lipinski definition) is 3. The highest BCUT2D eigenvalue weighted by atomic mass is 35.5. The number of pyridine rings is 1. The van der Waals surface area contributed by atoms with Crippen LogP contribution in [-0.4, -0.2) is 4.98 Å². The SMILES string of the molecule is NCc1ccc(Cl)cc1Oc1ncc(F)cc1F. The molecule has 1 aromatic heterocycles. The molecular weight excluding hydrogens is 262 g/mol. The Hall–Kier alpha value is -1.72. The fourth-order valence-electron chi connectivity index (χ4n) is 1.37. The maximum Gasteiger partial charge on any atom is 0.256 e. The van der Waals surface area contributed by atoms with Gasteiger partial charge in [0.25, 0.3) is 5.88 Å². The summed E-state index contributed by atoms with van der Waals surface area (Å²) < 4.78 is 31.3. The Balaban J connectivity index is 2.36. The Morgan fingerprint density at radius 2 is 2.06 bits per heavy atom. The van der Waals surface area contributed by atoms with E-state index in [0.29, 0.717) is 22.4 Å². The topological polar surface area (TPSA) is 48.1 Å². The van der Waals surface area contributed by atoms with Crippen molar-refractivity contribution in [1.82, 2.24) is 4.98 Å². The summed E-state index contributed by atoms with van der Waals surface area (Å²) in [6, 6.07) is 5.49. The molecule has 1 heterocycles. The highest BCUT2D eigenvalue weighted by molar-refractivity contribution is 6.30. The summed E-state index contributed by atoms with van der Waals surface area (Å²) in [7, 11) is 0. The van der Waals surface area contributed by atoms with E-state index in [1.807, 2.05) is 0 Å². The third-order valence-electron chi connectivity index (χ3n) is 2.23. The van der Waals surface area contributed by atoms with Crippen molar-refractivity contribution in [3.05, 3.63) is 52.7 Å². The number of aromatic nitrogens is 1. The Morgan fingerprint density at radius 3 is 2.72 bits per heavy atom. The third kappa shape index (κ3) is 2.75. The number of benzene rings is 1. The van der Waals surface area contributed by atoms with Crippen molar-refractivity contribution >= 4 is 11.6 Å². The van der Waals surface area contributed by atoms with Crippen LogP contribution in [0, 0.1) is 11.6 Å². The smallest absolute Gasteiger partial charge is 0.256 e. The van der Waals surface area contributed by atoms with Gasteiger partial charge in [-0.1, -0.05) is 17.7 Å². The number of hydrogen-bond donors (Lipinski definition) is 1. The maximum atomic E-state index is 13.4. The first kappa shape index (κ1) is 12.7. The zero-order valence-electron chi connectivity index (χ0n) is 9.16. The maximum absolute atomic E-state index is 13.4. The molecule has 0 unspecified atom stereocenters. The standard InChI is InChI=1S/C12H9ClF2N2O/c13-8-2-1-7(5-16)11(3-8)18-12-10(15)4-9(14)6-17-12/h1-4,6H,5,16H2. The molecule has 0 radical (unpaired) electrons. The number of ether oxygens (including phenoxy) is 1. The molecule has 2 rings (SSSR count). The molecule has 2 aromatic rings. The molecule has 0 amide bonds. The molecule has 94 valence electrons. The lowest BCUT2D eigenvalue weighted by Crippen LogP contribution is -2.01. The molecular formula is C12H9ClF2N2O. The van der Waals surface area contributed by atoms with Gasteiger partial charge in [0.05, 0.1) is 6.20 Å². The van der Waals surface area contributed by atoms with Crippen molar-refractivity contribution in [1.29, 1.82) is 0 Å². The summed E-state index contributed by atoms with van der Waals surface area (Å²) in [6.07, 6.45) is 0.866. The zero-order chi connectivity index (χ0) is 13.1. The summed E-state index contributed by atoms with van der Waals surface area (Å²) >= 11 is 5.81. The van der Waals surface area contributed by atoms with Gasteiger partial charge in [0.2, 0.25) is 0 Å². The molecule has 0 aliphatic carbocycles. The minimum absolute atomic E-state index is 0.204. The average molecular weight is 271 g/mol. The van der Waals surface area contributed by atoms with Crippen LogP contribution in [0.3, 0.4) is 0 Å². The second kappa shape index (κ2) is 5.29. The predicted octanol–water partition coefficient (Wildman–Crippen LogP) is 3.26. The monoisotopic (exact) mass is 270 g/mol. The molecule has 0 aliphatic rings. The molecule has 0 bridgehead atoms. The number of nitrogens with zero attached hydrogens (tertiary/aromatic N) is 1. The van der Waals surface area contributed by atoms with Crippen LogP contribution >= 0.6 is 11.6 Å². The van der Waals surface area contributed by atoms with Crippen LogP contribution in [0.2, 0.25) is 5.02 Å². The van der Waals surface area contributed by atoms with E-state index >= 15 is 0 Å². The lowest BCUT2D eigenvalue weighted by Gasteiger charge is -2.10. The fourth-order valence-corrected chi connectivity index (χ4v) is 1.54. The molecule has 18 heavy (non-hydrogen) atoms. The Kier molecular flexibility index (Phi) is 3.74. The van der Waals surface area contributed by atoms with Crippen LogP contribution in [-0.2, 0) is 6.54 Å². The van der Waals surface area contributed by atoms with Crippen LogP contribution in [0.4, 0.5) is 8.78 Å². The van der Waals surface area contributed by atoms with Crippen LogP contribution < -0.4 is 10.5 Å². The second-order valence-corrected chi connectivity index (χ2v) is 3.94. The molecule has 0 spiro atoms. The minimum Gasteiger partial charge on any atom is -0.436 e. The van der Waals surface area contributed by atoms with Gasteiger partial charge < -0.3 is 10.5 Å². The van der Waals surface area contributed by atoms with Gasteiger partial charge in [-0.3, -0.25) is 0 Å². The lowest BCUT2D eigenvalue weighted by molar-refractivity contribution is 0.413. The first-order valence-electron chi connectivity index (χ1n) is 5.07. The summed E-state index contributed by atoms with van der Waals surface area (Å²) in [5.41, 5.74) is 6.16. The van der Waals surface area contributed by atoms with Gasteiger partial charge in [-0.15, -0.1) is 0 Å². The van der Waals surface area contributed by atoms with Crippen LogP contribution in [0.1, 0.15) is 5.56 Å². The van der Waals surface area contributed by atoms with Crippen LogP contribution in [0.5, 0.6) is 11.6 Å². The first-order valence-corrected chi connectivity index (χ1v) is 5.45. The molecule has 1 aromatic carbocycles. The molecule has 2 N–H and O–H groups in total. The molecule has 6 heteroatoms. The van der Waals surface area contributed by atoms with E-state index in [2.05, 4.69) is 4.98 Å². The van der Waals surface area contributed by atoms with E-state index in [-0.39, 0.29) is 12.4 Å². The van der Waals surface area contributed by atoms with Gasteiger partial charge in [-0.05, 0) is 12.1 Å².